The summed E-state index contributed by atoms with van der Waals surface area (Å²) in [6.45, 7) is 7.30. The molecule has 0 bridgehead atoms. The maximum atomic E-state index is 3.80. The van der Waals surface area contributed by atoms with E-state index in [1.165, 1.54) is 37.3 Å². The van der Waals surface area contributed by atoms with Crippen LogP contribution in [0.2, 0.25) is 19.1 Å². The minimum atomic E-state index is -1.36. The molecule has 0 saturated carbocycles. The molecule has 0 nitrogen and oxygen atoms in total. The van der Waals surface area contributed by atoms with E-state index in [9.17, 15) is 0 Å². The van der Waals surface area contributed by atoms with Crippen LogP contribution in [-0.2, 0) is 21.7 Å². The van der Waals surface area contributed by atoms with Gasteiger partial charge in [0.05, 0.1) is 8.07 Å². The second kappa shape index (κ2) is 6.81. The molecular weight excluding hydrogens is 304 g/mol. The summed E-state index contributed by atoms with van der Waals surface area (Å²) in [4.78, 5) is 0. The predicted molar refractivity (Wildman–Crippen MR) is 89.8 cm³/mol. The molecule has 0 radical (unpaired) electrons. The van der Waals surface area contributed by atoms with Crippen LogP contribution in [0.15, 0.2) is 47.1 Å². The third kappa shape index (κ3) is 3.52. The normalized spacial score (nSPS) is 21.7. The van der Waals surface area contributed by atoms with Crippen molar-refractivity contribution < 1.29 is 21.7 Å². The Balaban J connectivity index is 0.00000161. The smallest absolute Gasteiger partial charge is 0.0799 e. The summed E-state index contributed by atoms with van der Waals surface area (Å²) in [6.07, 6.45) is 9.19. The van der Waals surface area contributed by atoms with Crippen molar-refractivity contribution in [3.05, 3.63) is 53.1 Å². The molecule has 0 saturated heterocycles. The first kappa shape index (κ1) is 17.0. The van der Waals surface area contributed by atoms with Crippen molar-refractivity contribution in [3.8, 4) is 0 Å². The topological polar surface area (TPSA) is 0 Å². The molecule has 1 unspecified atom stereocenters. The van der Waals surface area contributed by atoms with Gasteiger partial charge in [0.2, 0.25) is 0 Å². The SMILES string of the molecule is CC1=[C-]C(C[Si](C)(C)c2ccccc2)C2=C1CCCC2.[Ti]. The molecule has 1 aromatic rings. The van der Waals surface area contributed by atoms with Crippen molar-refractivity contribution in [1.29, 1.82) is 0 Å². The summed E-state index contributed by atoms with van der Waals surface area (Å²) in [5.74, 6) is 0.618. The van der Waals surface area contributed by atoms with Crippen molar-refractivity contribution in [2.75, 3.05) is 0 Å². The zero-order valence-electron chi connectivity index (χ0n) is 13.5. The average molecular weight is 329 g/mol. The molecule has 110 valence electrons. The maximum Gasteiger partial charge on any atom is 0.0799 e. The standard InChI is InChI=1S/C19H25Si.Ti/c1-15-13-16(19-12-8-7-11-18(15)19)14-20(2,3)17-9-5-4-6-10-17;/h4-6,9-10,16H,7-8,11-12,14H2,1-3H3;/q-1;. The molecule has 0 heterocycles. The zero-order chi connectivity index (χ0) is 14.2. The van der Waals surface area contributed by atoms with Crippen molar-refractivity contribution in [2.45, 2.75) is 51.7 Å². The van der Waals surface area contributed by atoms with Crippen molar-refractivity contribution >= 4 is 13.3 Å². The zero-order valence-corrected chi connectivity index (χ0v) is 16.1. The van der Waals surface area contributed by atoms with E-state index in [1.54, 1.807) is 16.3 Å². The second-order valence-corrected chi connectivity index (χ2v) is 11.7. The molecule has 0 N–H and O–H groups in total. The number of benzene rings is 1. The van der Waals surface area contributed by atoms with Gasteiger partial charge in [-0.25, -0.2) is 5.57 Å². The Hall–Kier alpha value is -0.369. The number of rotatable bonds is 3. The van der Waals surface area contributed by atoms with E-state index in [1.807, 2.05) is 0 Å². The third-order valence-electron chi connectivity index (χ3n) is 5.04. The van der Waals surface area contributed by atoms with Crippen LogP contribution < -0.4 is 5.19 Å². The summed E-state index contributed by atoms with van der Waals surface area (Å²) in [7, 11) is -1.36. The van der Waals surface area contributed by atoms with Crippen molar-refractivity contribution in [3.63, 3.8) is 0 Å². The summed E-state index contributed by atoms with van der Waals surface area (Å²) in [5.41, 5.74) is 4.87. The third-order valence-corrected chi connectivity index (χ3v) is 8.37. The van der Waals surface area contributed by atoms with Gasteiger partial charge >= 0.3 is 0 Å². The Kier molecular flexibility index (Phi) is 5.51. The number of hydrogen-bond donors (Lipinski definition) is 0. The van der Waals surface area contributed by atoms with Gasteiger partial charge in [0.25, 0.3) is 0 Å². The molecule has 1 aromatic carbocycles. The van der Waals surface area contributed by atoms with Crippen LogP contribution in [0.3, 0.4) is 0 Å². The van der Waals surface area contributed by atoms with E-state index in [0.717, 1.165) is 0 Å². The minimum absolute atomic E-state index is 0. The van der Waals surface area contributed by atoms with Crippen LogP contribution in [-0.4, -0.2) is 8.07 Å². The summed E-state index contributed by atoms with van der Waals surface area (Å²) >= 11 is 0. The van der Waals surface area contributed by atoms with E-state index < -0.39 is 8.07 Å². The van der Waals surface area contributed by atoms with Gasteiger partial charge in [-0.15, -0.1) is 0 Å². The Morgan fingerprint density at radius 1 is 1.10 bits per heavy atom. The molecule has 2 aliphatic carbocycles. The molecule has 2 heteroatoms. The molecule has 0 aromatic heterocycles. The van der Waals surface area contributed by atoms with Crippen molar-refractivity contribution in [1.82, 2.24) is 0 Å². The van der Waals surface area contributed by atoms with Crippen LogP contribution in [0.5, 0.6) is 0 Å². The van der Waals surface area contributed by atoms with Gasteiger partial charge in [0, 0.05) is 21.7 Å². The average Bonchev–Trinajstić information content (AvgIpc) is 2.76. The molecule has 0 fully saturated rings. The van der Waals surface area contributed by atoms with Gasteiger partial charge in [-0.2, -0.15) is 11.1 Å². The van der Waals surface area contributed by atoms with Crippen LogP contribution in [0.4, 0.5) is 0 Å². The van der Waals surface area contributed by atoms with Gasteiger partial charge in [-0.3, -0.25) is 6.08 Å². The molecule has 1 atom stereocenters. The maximum absolute atomic E-state index is 3.80. The Bertz CT molecular complexity index is 554. The quantitative estimate of drug-likeness (QED) is 0.549. The van der Waals surface area contributed by atoms with Gasteiger partial charge in [0.1, 0.15) is 0 Å². The first-order chi connectivity index (χ1) is 9.58. The van der Waals surface area contributed by atoms with Crippen LogP contribution in [0, 0.1) is 12.0 Å². The Morgan fingerprint density at radius 3 is 2.48 bits per heavy atom. The molecule has 3 rings (SSSR count). The van der Waals surface area contributed by atoms with E-state index in [2.05, 4.69) is 56.4 Å². The predicted octanol–water partition coefficient (Wildman–Crippen LogP) is 4.85. The van der Waals surface area contributed by atoms with E-state index in [-0.39, 0.29) is 21.7 Å². The minimum Gasteiger partial charge on any atom is -0.266 e. The molecule has 2 aliphatic rings. The van der Waals surface area contributed by atoms with E-state index >= 15 is 0 Å². The van der Waals surface area contributed by atoms with E-state index in [4.69, 9.17) is 0 Å². The molecule has 21 heavy (non-hydrogen) atoms. The summed E-state index contributed by atoms with van der Waals surface area (Å²) in [6, 6.07) is 12.5. The van der Waals surface area contributed by atoms with Crippen LogP contribution >= 0.6 is 0 Å². The summed E-state index contributed by atoms with van der Waals surface area (Å²) < 4.78 is 0. The molecule has 0 amide bonds. The fourth-order valence-corrected chi connectivity index (χ4v) is 6.57. The molecule has 0 spiro atoms. The van der Waals surface area contributed by atoms with Crippen molar-refractivity contribution in [2.24, 2.45) is 5.92 Å². The molecule has 0 aliphatic heterocycles. The first-order valence-electron chi connectivity index (χ1n) is 7.96. The van der Waals surface area contributed by atoms with Gasteiger partial charge < -0.3 is 0 Å². The summed E-state index contributed by atoms with van der Waals surface area (Å²) in [5, 5.41) is 1.59. The fourth-order valence-electron chi connectivity index (χ4n) is 3.87. The molecular formula is C19H25SiTi-. The van der Waals surface area contributed by atoms with Crippen LogP contribution in [0.25, 0.3) is 0 Å². The monoisotopic (exact) mass is 329 g/mol. The van der Waals surface area contributed by atoms with Gasteiger partial charge in [-0.05, 0) is 6.42 Å². The Morgan fingerprint density at radius 2 is 1.76 bits per heavy atom. The van der Waals surface area contributed by atoms with E-state index in [0.29, 0.717) is 5.92 Å². The fraction of sp³-hybridized carbons (Fsp3) is 0.474. The van der Waals surface area contributed by atoms with Gasteiger partial charge in [-0.1, -0.05) is 86.8 Å². The van der Waals surface area contributed by atoms with Crippen LogP contribution in [0.1, 0.15) is 32.6 Å². The number of hydrogen-bond acceptors (Lipinski definition) is 0. The Labute approximate surface area is 145 Å². The largest absolute Gasteiger partial charge is 0.266 e. The first-order valence-corrected chi connectivity index (χ1v) is 11.2. The number of allylic oxidation sites excluding steroid dienone is 4. The second-order valence-electron chi connectivity index (χ2n) is 6.99. The van der Waals surface area contributed by atoms with Gasteiger partial charge in [0.15, 0.2) is 0 Å².